The Morgan fingerprint density at radius 3 is 2.62 bits per heavy atom. The van der Waals surface area contributed by atoms with Crippen LogP contribution in [0.15, 0.2) is 45.9 Å². The third kappa shape index (κ3) is 3.95. The summed E-state index contributed by atoms with van der Waals surface area (Å²) >= 11 is 0. The highest BCUT2D eigenvalue weighted by atomic mass is 16.4. The molecule has 1 aliphatic heterocycles. The fourth-order valence-electron chi connectivity index (χ4n) is 4.96. The summed E-state index contributed by atoms with van der Waals surface area (Å²) in [5, 5.41) is 0.920. The van der Waals surface area contributed by atoms with Crippen molar-refractivity contribution >= 4 is 16.6 Å². The molecule has 6 heteroatoms. The van der Waals surface area contributed by atoms with E-state index in [0.717, 1.165) is 48.4 Å². The predicted octanol–water partition coefficient (Wildman–Crippen LogP) is 4.95. The van der Waals surface area contributed by atoms with Gasteiger partial charge in [-0.25, -0.2) is 9.78 Å². The third-order valence-electron chi connectivity index (χ3n) is 6.44. The first-order chi connectivity index (χ1) is 15.4. The van der Waals surface area contributed by atoms with E-state index in [0.29, 0.717) is 28.7 Å². The second-order valence-electron chi connectivity index (χ2n) is 9.54. The van der Waals surface area contributed by atoms with E-state index in [1.807, 2.05) is 36.7 Å². The Kier molecular flexibility index (Phi) is 5.33. The van der Waals surface area contributed by atoms with Crippen LogP contribution in [0.1, 0.15) is 49.6 Å². The topological polar surface area (TPSA) is 63.6 Å². The van der Waals surface area contributed by atoms with Gasteiger partial charge in [0.1, 0.15) is 5.58 Å². The summed E-state index contributed by atoms with van der Waals surface area (Å²) in [5.41, 5.74) is 5.15. The van der Waals surface area contributed by atoms with Gasteiger partial charge in [0.25, 0.3) is 0 Å². The van der Waals surface area contributed by atoms with Crippen LogP contribution in [0.25, 0.3) is 27.9 Å². The summed E-state index contributed by atoms with van der Waals surface area (Å²) < 4.78 is 7.69. The summed E-state index contributed by atoms with van der Waals surface area (Å²) in [5.74, 6) is 1.22. The Labute approximate surface area is 187 Å². The van der Waals surface area contributed by atoms with E-state index in [9.17, 15) is 4.79 Å². The molecular weight excluding hydrogens is 400 g/mol. The summed E-state index contributed by atoms with van der Waals surface area (Å²) in [6, 6.07) is 8.22. The monoisotopic (exact) mass is 430 g/mol. The van der Waals surface area contributed by atoms with Gasteiger partial charge in [0.15, 0.2) is 5.65 Å². The summed E-state index contributed by atoms with van der Waals surface area (Å²) in [7, 11) is 0. The molecule has 0 bridgehead atoms. The van der Waals surface area contributed by atoms with E-state index >= 15 is 0 Å². The number of hydrogen-bond acceptors (Lipinski definition) is 5. The lowest BCUT2D eigenvalue weighted by molar-refractivity contribution is 0.192. The van der Waals surface area contributed by atoms with Crippen LogP contribution in [0.3, 0.4) is 0 Å². The number of imidazole rings is 1. The molecule has 32 heavy (non-hydrogen) atoms. The van der Waals surface area contributed by atoms with Gasteiger partial charge < -0.3 is 13.7 Å². The van der Waals surface area contributed by atoms with Crippen molar-refractivity contribution in [1.82, 2.24) is 19.3 Å². The standard InChI is InChI=1S/C26H30N4O2/c1-16(2)13-29-9-7-19(8-10-29)20-5-6-21-11-22(26(31)32-24(21)12-20)23-15-30-14-17(3)27-18(4)25(30)28-23/h5-6,11-12,14-16,19H,7-10,13H2,1-4H3. The van der Waals surface area contributed by atoms with E-state index < -0.39 is 0 Å². The van der Waals surface area contributed by atoms with E-state index in [1.165, 1.54) is 12.1 Å². The Balaban J connectivity index is 1.44. The molecule has 0 radical (unpaired) electrons. The summed E-state index contributed by atoms with van der Waals surface area (Å²) in [6.45, 7) is 11.9. The van der Waals surface area contributed by atoms with Crippen LogP contribution < -0.4 is 5.63 Å². The summed E-state index contributed by atoms with van der Waals surface area (Å²) in [6.07, 6.45) is 6.08. The first-order valence-electron chi connectivity index (χ1n) is 11.5. The molecule has 0 atom stereocenters. The van der Waals surface area contributed by atoms with Gasteiger partial charge >= 0.3 is 5.63 Å². The molecule has 1 fully saturated rings. The quantitative estimate of drug-likeness (QED) is 0.429. The molecule has 3 aromatic heterocycles. The van der Waals surface area contributed by atoms with Crippen LogP contribution in [0, 0.1) is 19.8 Å². The number of hydrogen-bond donors (Lipinski definition) is 0. The predicted molar refractivity (Wildman–Crippen MR) is 127 cm³/mol. The number of benzene rings is 1. The molecule has 1 aromatic carbocycles. The highest BCUT2D eigenvalue weighted by Gasteiger charge is 2.22. The van der Waals surface area contributed by atoms with Crippen molar-refractivity contribution in [3.05, 3.63) is 64.0 Å². The van der Waals surface area contributed by atoms with Gasteiger partial charge in [-0.3, -0.25) is 4.98 Å². The van der Waals surface area contributed by atoms with E-state index in [2.05, 4.69) is 46.9 Å². The molecule has 0 spiro atoms. The van der Waals surface area contributed by atoms with Crippen molar-refractivity contribution in [3.8, 4) is 11.3 Å². The first kappa shape index (κ1) is 20.9. The van der Waals surface area contributed by atoms with Gasteiger partial charge in [-0.05, 0) is 69.3 Å². The van der Waals surface area contributed by atoms with Gasteiger partial charge in [-0.1, -0.05) is 26.0 Å². The SMILES string of the molecule is Cc1cn2cc(-c3cc4ccc(C5CCN(CC(C)C)CC5)cc4oc3=O)nc2c(C)n1. The average molecular weight is 431 g/mol. The Morgan fingerprint density at radius 1 is 1.09 bits per heavy atom. The molecule has 4 heterocycles. The van der Waals surface area contributed by atoms with Crippen LogP contribution in [0.5, 0.6) is 0 Å². The molecule has 166 valence electrons. The number of rotatable bonds is 4. The largest absolute Gasteiger partial charge is 0.422 e. The van der Waals surface area contributed by atoms with E-state index in [-0.39, 0.29) is 5.63 Å². The minimum absolute atomic E-state index is 0.354. The zero-order valence-electron chi connectivity index (χ0n) is 19.3. The highest BCUT2D eigenvalue weighted by Crippen LogP contribution is 2.31. The molecule has 0 amide bonds. The molecule has 4 aromatic rings. The van der Waals surface area contributed by atoms with Gasteiger partial charge in [-0.15, -0.1) is 0 Å². The third-order valence-corrected chi connectivity index (χ3v) is 6.44. The lowest BCUT2D eigenvalue weighted by atomic mass is 9.88. The van der Waals surface area contributed by atoms with Crippen LogP contribution in [0.2, 0.25) is 0 Å². The molecule has 1 aliphatic rings. The zero-order chi connectivity index (χ0) is 22.4. The molecule has 0 N–H and O–H groups in total. The first-order valence-corrected chi connectivity index (χ1v) is 11.5. The van der Waals surface area contributed by atoms with Crippen molar-refractivity contribution in [3.63, 3.8) is 0 Å². The highest BCUT2D eigenvalue weighted by molar-refractivity contribution is 5.82. The van der Waals surface area contributed by atoms with Gasteiger partial charge in [0, 0.05) is 24.3 Å². The van der Waals surface area contributed by atoms with Crippen molar-refractivity contribution in [2.45, 2.75) is 46.5 Å². The van der Waals surface area contributed by atoms with Gasteiger partial charge in [0.05, 0.1) is 22.6 Å². The van der Waals surface area contributed by atoms with Gasteiger partial charge in [0.2, 0.25) is 0 Å². The fourth-order valence-corrected chi connectivity index (χ4v) is 4.96. The normalized spacial score (nSPS) is 15.9. The maximum atomic E-state index is 12.9. The molecule has 0 saturated carbocycles. The van der Waals surface area contributed by atoms with E-state index in [1.54, 1.807) is 0 Å². The smallest absolute Gasteiger partial charge is 0.345 e. The fraction of sp³-hybridized carbons (Fsp3) is 0.423. The number of fused-ring (bicyclic) bond motifs is 2. The number of likely N-dealkylation sites (tertiary alicyclic amines) is 1. The average Bonchev–Trinajstić information content (AvgIpc) is 3.17. The maximum absolute atomic E-state index is 12.9. The lowest BCUT2D eigenvalue weighted by Crippen LogP contribution is -2.35. The molecule has 0 aliphatic carbocycles. The van der Waals surface area contributed by atoms with Crippen LogP contribution in [-0.2, 0) is 0 Å². The maximum Gasteiger partial charge on any atom is 0.345 e. The molecule has 1 saturated heterocycles. The van der Waals surface area contributed by atoms with Crippen molar-refractivity contribution in [1.29, 1.82) is 0 Å². The number of aromatic nitrogens is 3. The Bertz CT molecular complexity index is 1340. The zero-order valence-corrected chi connectivity index (χ0v) is 19.3. The minimum Gasteiger partial charge on any atom is -0.422 e. The van der Waals surface area contributed by atoms with Crippen LogP contribution >= 0.6 is 0 Å². The van der Waals surface area contributed by atoms with Crippen molar-refractivity contribution < 1.29 is 4.42 Å². The number of aryl methyl sites for hydroxylation is 2. The van der Waals surface area contributed by atoms with Gasteiger partial charge in [-0.2, -0.15) is 0 Å². The molecular formula is C26H30N4O2. The van der Waals surface area contributed by atoms with Crippen LogP contribution in [0.4, 0.5) is 0 Å². The lowest BCUT2D eigenvalue weighted by Gasteiger charge is -2.33. The molecule has 0 unspecified atom stereocenters. The number of nitrogens with zero attached hydrogens (tertiary/aromatic N) is 4. The second-order valence-corrected chi connectivity index (χ2v) is 9.54. The van der Waals surface area contributed by atoms with Crippen LogP contribution in [-0.4, -0.2) is 38.9 Å². The van der Waals surface area contributed by atoms with E-state index in [4.69, 9.17) is 4.42 Å². The second kappa shape index (κ2) is 8.17. The number of piperidine rings is 1. The minimum atomic E-state index is -0.354. The Hall–Kier alpha value is -2.99. The molecule has 6 nitrogen and oxygen atoms in total. The Morgan fingerprint density at radius 2 is 1.88 bits per heavy atom. The van der Waals surface area contributed by atoms with Crippen molar-refractivity contribution in [2.24, 2.45) is 5.92 Å². The summed E-state index contributed by atoms with van der Waals surface area (Å²) in [4.78, 5) is 24.5. The van der Waals surface area contributed by atoms with Crippen molar-refractivity contribution in [2.75, 3.05) is 19.6 Å². The molecule has 5 rings (SSSR count).